The van der Waals surface area contributed by atoms with Gasteiger partial charge < -0.3 is 9.47 Å². The molecule has 0 fully saturated rings. The zero-order chi connectivity index (χ0) is 8.53. The molecule has 0 aromatic rings. The van der Waals surface area contributed by atoms with Gasteiger partial charge in [-0.05, 0) is 6.42 Å². The quantitative estimate of drug-likeness (QED) is 0.267. The monoisotopic (exact) mass is 158 g/mol. The zero-order valence-corrected chi connectivity index (χ0v) is 6.28. The molecule has 0 amide bonds. The molecule has 0 spiro atoms. The van der Waals surface area contributed by atoms with Crippen molar-refractivity contribution in [3.05, 3.63) is 12.2 Å². The third-order valence-electron chi connectivity index (χ3n) is 0.844. The van der Waals surface area contributed by atoms with E-state index in [2.05, 4.69) is 9.47 Å². The SMILES string of the molecule is CC/C=C/COC(=O)OC=O. The lowest BCUT2D eigenvalue weighted by molar-refractivity contribution is -0.125. The van der Waals surface area contributed by atoms with E-state index in [4.69, 9.17) is 0 Å². The maximum Gasteiger partial charge on any atom is 0.516 e. The van der Waals surface area contributed by atoms with E-state index >= 15 is 0 Å². The van der Waals surface area contributed by atoms with Crippen LogP contribution in [0.1, 0.15) is 13.3 Å². The zero-order valence-electron chi connectivity index (χ0n) is 6.28. The molecule has 0 radical (unpaired) electrons. The standard InChI is InChI=1S/C7H10O4/c1-2-3-4-5-10-7(9)11-6-8/h3-4,6H,2,5H2,1H3/b4-3+. The fraction of sp³-hybridized carbons (Fsp3) is 0.429. The third kappa shape index (κ3) is 6.57. The molecule has 4 heteroatoms. The molecule has 4 nitrogen and oxygen atoms in total. The Morgan fingerprint density at radius 3 is 2.73 bits per heavy atom. The van der Waals surface area contributed by atoms with Crippen LogP contribution in [0.3, 0.4) is 0 Å². The lowest BCUT2D eigenvalue weighted by atomic mass is 10.4. The molecule has 0 heterocycles. The molecule has 0 aromatic heterocycles. The summed E-state index contributed by atoms with van der Waals surface area (Å²) in [5.74, 6) is 0. The molecule has 0 aliphatic rings. The Bertz CT molecular complexity index is 151. The van der Waals surface area contributed by atoms with E-state index in [9.17, 15) is 9.59 Å². The van der Waals surface area contributed by atoms with E-state index < -0.39 is 6.16 Å². The number of carbonyl (C=O) groups is 2. The van der Waals surface area contributed by atoms with Gasteiger partial charge in [0.1, 0.15) is 6.61 Å². The van der Waals surface area contributed by atoms with Gasteiger partial charge in [-0.2, -0.15) is 0 Å². The summed E-state index contributed by atoms with van der Waals surface area (Å²) in [7, 11) is 0. The van der Waals surface area contributed by atoms with Crippen LogP contribution in [-0.2, 0) is 14.3 Å². The molecule has 0 saturated carbocycles. The van der Waals surface area contributed by atoms with Gasteiger partial charge in [0, 0.05) is 0 Å². The van der Waals surface area contributed by atoms with Gasteiger partial charge in [0.15, 0.2) is 0 Å². The van der Waals surface area contributed by atoms with Crippen LogP contribution < -0.4 is 0 Å². The second kappa shape index (κ2) is 6.80. The Kier molecular flexibility index (Phi) is 5.98. The second-order valence-corrected chi connectivity index (χ2v) is 1.65. The Labute approximate surface area is 64.8 Å². The minimum Gasteiger partial charge on any atom is -0.430 e. The number of carbonyl (C=O) groups excluding carboxylic acids is 2. The van der Waals surface area contributed by atoms with Crippen molar-refractivity contribution in [1.29, 1.82) is 0 Å². The predicted molar refractivity (Wildman–Crippen MR) is 37.9 cm³/mol. The third-order valence-corrected chi connectivity index (χ3v) is 0.844. The number of ether oxygens (including phenoxy) is 2. The summed E-state index contributed by atoms with van der Waals surface area (Å²) in [5, 5.41) is 0. The molecule has 0 N–H and O–H groups in total. The highest BCUT2D eigenvalue weighted by molar-refractivity contribution is 5.69. The van der Waals surface area contributed by atoms with Crippen molar-refractivity contribution < 1.29 is 19.1 Å². The van der Waals surface area contributed by atoms with Crippen LogP contribution in [-0.4, -0.2) is 19.2 Å². The van der Waals surface area contributed by atoms with Crippen molar-refractivity contribution in [3.63, 3.8) is 0 Å². The fourth-order valence-corrected chi connectivity index (χ4v) is 0.424. The van der Waals surface area contributed by atoms with Gasteiger partial charge in [-0.3, -0.25) is 4.79 Å². The van der Waals surface area contributed by atoms with Gasteiger partial charge >= 0.3 is 12.6 Å². The van der Waals surface area contributed by atoms with Crippen molar-refractivity contribution in [2.24, 2.45) is 0 Å². The number of allylic oxidation sites excluding steroid dienone is 1. The van der Waals surface area contributed by atoms with E-state index in [1.807, 2.05) is 13.0 Å². The summed E-state index contributed by atoms with van der Waals surface area (Å²) in [5.41, 5.74) is 0. The summed E-state index contributed by atoms with van der Waals surface area (Å²) in [4.78, 5) is 19.9. The Morgan fingerprint density at radius 2 is 2.18 bits per heavy atom. The van der Waals surface area contributed by atoms with Gasteiger partial charge in [0.2, 0.25) is 0 Å². The van der Waals surface area contributed by atoms with Gasteiger partial charge in [0.05, 0.1) is 0 Å². The van der Waals surface area contributed by atoms with Gasteiger partial charge in [0.25, 0.3) is 0 Å². The lowest BCUT2D eigenvalue weighted by Crippen LogP contribution is -2.05. The van der Waals surface area contributed by atoms with Crippen molar-refractivity contribution in [2.75, 3.05) is 6.61 Å². The first-order valence-electron chi connectivity index (χ1n) is 3.23. The van der Waals surface area contributed by atoms with Crippen LogP contribution in [0.2, 0.25) is 0 Å². The van der Waals surface area contributed by atoms with Crippen molar-refractivity contribution in [3.8, 4) is 0 Å². The molecule has 0 aliphatic carbocycles. The number of hydrogen-bond donors (Lipinski definition) is 0. The van der Waals surface area contributed by atoms with Gasteiger partial charge in [-0.15, -0.1) is 0 Å². The molecule has 0 aromatic carbocycles. The highest BCUT2D eigenvalue weighted by atomic mass is 16.7. The molecule has 11 heavy (non-hydrogen) atoms. The number of hydrogen-bond acceptors (Lipinski definition) is 4. The molecule has 62 valence electrons. The van der Waals surface area contributed by atoms with Gasteiger partial charge in [-0.25, -0.2) is 4.79 Å². The Hall–Kier alpha value is -1.32. The van der Waals surface area contributed by atoms with Crippen LogP contribution in [0.25, 0.3) is 0 Å². The summed E-state index contributed by atoms with van der Waals surface area (Å²) in [6.07, 6.45) is 3.42. The minimum atomic E-state index is -0.972. The maximum atomic E-state index is 10.3. The average Bonchev–Trinajstić information content (AvgIpc) is 1.99. The van der Waals surface area contributed by atoms with Crippen molar-refractivity contribution in [2.45, 2.75) is 13.3 Å². The van der Waals surface area contributed by atoms with E-state index in [0.717, 1.165) is 6.42 Å². The second-order valence-electron chi connectivity index (χ2n) is 1.65. The number of rotatable bonds is 4. The molecule has 0 rings (SSSR count). The smallest absolute Gasteiger partial charge is 0.430 e. The van der Waals surface area contributed by atoms with E-state index in [-0.39, 0.29) is 13.1 Å². The first kappa shape index (κ1) is 9.68. The molecular formula is C7H10O4. The molecule has 0 saturated heterocycles. The van der Waals surface area contributed by atoms with Crippen LogP contribution in [0, 0.1) is 0 Å². The summed E-state index contributed by atoms with van der Waals surface area (Å²) >= 11 is 0. The van der Waals surface area contributed by atoms with Crippen molar-refractivity contribution >= 4 is 12.6 Å². The average molecular weight is 158 g/mol. The molecule has 0 atom stereocenters. The molecule has 0 aliphatic heterocycles. The van der Waals surface area contributed by atoms with Crippen LogP contribution >= 0.6 is 0 Å². The highest BCUT2D eigenvalue weighted by Gasteiger charge is 1.98. The lowest BCUT2D eigenvalue weighted by Gasteiger charge is -1.95. The minimum absolute atomic E-state index is 0.0336. The summed E-state index contributed by atoms with van der Waals surface area (Å²) in [6.45, 7) is 2.13. The van der Waals surface area contributed by atoms with E-state index in [1.54, 1.807) is 6.08 Å². The Balaban J connectivity index is 3.30. The normalized spacial score (nSPS) is 9.55. The van der Waals surface area contributed by atoms with E-state index in [1.165, 1.54) is 0 Å². The predicted octanol–water partition coefficient (Wildman–Crippen LogP) is 1.26. The van der Waals surface area contributed by atoms with E-state index in [0.29, 0.717) is 0 Å². The first-order chi connectivity index (χ1) is 5.31. The fourth-order valence-electron chi connectivity index (χ4n) is 0.424. The van der Waals surface area contributed by atoms with Crippen molar-refractivity contribution in [1.82, 2.24) is 0 Å². The van der Waals surface area contributed by atoms with Crippen LogP contribution in [0.15, 0.2) is 12.2 Å². The molecule has 0 bridgehead atoms. The van der Waals surface area contributed by atoms with Gasteiger partial charge in [-0.1, -0.05) is 19.1 Å². The first-order valence-corrected chi connectivity index (χ1v) is 3.23. The largest absolute Gasteiger partial charge is 0.516 e. The summed E-state index contributed by atoms with van der Waals surface area (Å²) < 4.78 is 8.25. The van der Waals surface area contributed by atoms with Crippen LogP contribution in [0.5, 0.6) is 0 Å². The summed E-state index contributed by atoms with van der Waals surface area (Å²) in [6, 6.07) is 0. The highest BCUT2D eigenvalue weighted by Crippen LogP contribution is 1.85. The maximum absolute atomic E-state index is 10.3. The van der Waals surface area contributed by atoms with Crippen LogP contribution in [0.4, 0.5) is 4.79 Å². The molecule has 0 unspecified atom stereocenters. The topological polar surface area (TPSA) is 52.6 Å². The Morgan fingerprint density at radius 1 is 1.45 bits per heavy atom. The molecular weight excluding hydrogens is 148 g/mol.